The summed E-state index contributed by atoms with van der Waals surface area (Å²) in [5.41, 5.74) is 0. The van der Waals surface area contributed by atoms with Gasteiger partial charge in [0.05, 0.1) is 13.7 Å². The lowest BCUT2D eigenvalue weighted by Gasteiger charge is -1.86. The Labute approximate surface area is 60.1 Å². The summed E-state index contributed by atoms with van der Waals surface area (Å²) in [4.78, 5) is 18.3. The molecule has 0 aromatic carbocycles. The molecule has 0 aromatic rings. The summed E-state index contributed by atoms with van der Waals surface area (Å²) in [6, 6.07) is 0. The molecule has 4 heteroatoms. The van der Waals surface area contributed by atoms with E-state index in [1.54, 1.807) is 0 Å². The Balaban J connectivity index is 0. The maximum atomic E-state index is 9.34. The molecular weight excluding hydrogens is 136 g/mol. The number of carbonyl (C=O) groups is 2. The van der Waals surface area contributed by atoms with Crippen molar-refractivity contribution in [2.24, 2.45) is 0 Å². The monoisotopic (exact) mass is 148 g/mol. The zero-order valence-corrected chi connectivity index (χ0v) is 6.20. The zero-order chi connectivity index (χ0) is 8.24. The van der Waals surface area contributed by atoms with Crippen LogP contribution in [0, 0.1) is 0 Å². The zero-order valence-electron chi connectivity index (χ0n) is 6.20. The molecule has 0 atom stereocenters. The van der Waals surface area contributed by atoms with E-state index in [0.717, 1.165) is 6.42 Å². The Morgan fingerprint density at radius 3 is 1.90 bits per heavy atom. The highest BCUT2D eigenvalue weighted by atomic mass is 16.5. The fraction of sp³-hybridized carbons (Fsp3) is 0.667. The third kappa shape index (κ3) is 28.3. The molecule has 0 unspecified atom stereocenters. The first-order valence-corrected chi connectivity index (χ1v) is 2.85. The minimum absolute atomic E-state index is 0.375. The quantitative estimate of drug-likeness (QED) is 0.426. The van der Waals surface area contributed by atoms with Crippen LogP contribution < -0.4 is 0 Å². The summed E-state index contributed by atoms with van der Waals surface area (Å²) in [7, 11) is 1.31. The van der Waals surface area contributed by atoms with Crippen LogP contribution in [0.4, 0.5) is 0 Å². The number of methoxy groups -OCH3 is 1. The molecule has 0 aliphatic heterocycles. The van der Waals surface area contributed by atoms with Gasteiger partial charge in [-0.25, -0.2) is 0 Å². The van der Waals surface area contributed by atoms with Gasteiger partial charge in [0.2, 0.25) is 0 Å². The molecule has 0 fully saturated rings. The molecule has 0 saturated heterocycles. The average molecular weight is 148 g/mol. The molecule has 0 aliphatic rings. The summed E-state index contributed by atoms with van der Waals surface area (Å²) in [6.45, 7) is 3.33. The minimum Gasteiger partial charge on any atom is -0.471 e. The molecule has 0 amide bonds. The molecule has 0 aromatic heterocycles. The number of ether oxygens (including phenoxy) is 2. The summed E-state index contributed by atoms with van der Waals surface area (Å²) in [5.74, 6) is 0. The van der Waals surface area contributed by atoms with Crippen molar-refractivity contribution in [3.63, 3.8) is 0 Å². The smallest absolute Gasteiger partial charge is 0.293 e. The second-order valence-electron chi connectivity index (χ2n) is 1.30. The van der Waals surface area contributed by atoms with Crippen molar-refractivity contribution in [2.75, 3.05) is 13.7 Å². The number of hydrogen-bond donors (Lipinski definition) is 0. The van der Waals surface area contributed by atoms with E-state index in [1.807, 2.05) is 6.92 Å². The number of rotatable bonds is 4. The van der Waals surface area contributed by atoms with Crippen molar-refractivity contribution < 1.29 is 19.1 Å². The molecule has 60 valence electrons. The largest absolute Gasteiger partial charge is 0.471 e. The second-order valence-corrected chi connectivity index (χ2v) is 1.30. The van der Waals surface area contributed by atoms with Gasteiger partial charge in [-0.05, 0) is 6.42 Å². The van der Waals surface area contributed by atoms with Gasteiger partial charge in [-0.15, -0.1) is 0 Å². The maximum absolute atomic E-state index is 9.34. The molecule has 10 heavy (non-hydrogen) atoms. The number of hydrogen-bond acceptors (Lipinski definition) is 4. The average Bonchev–Trinajstić information content (AvgIpc) is 2.01. The molecule has 0 radical (unpaired) electrons. The van der Waals surface area contributed by atoms with Crippen LogP contribution in [0.5, 0.6) is 0 Å². The highest BCUT2D eigenvalue weighted by molar-refractivity contribution is 5.36. The van der Waals surface area contributed by atoms with Crippen LogP contribution in [0.1, 0.15) is 13.3 Å². The Morgan fingerprint density at radius 1 is 1.30 bits per heavy atom. The Hall–Kier alpha value is -1.06. The van der Waals surface area contributed by atoms with Crippen molar-refractivity contribution in [2.45, 2.75) is 13.3 Å². The first-order chi connectivity index (χ1) is 4.83. The molecule has 0 spiro atoms. The lowest BCUT2D eigenvalue weighted by Crippen LogP contribution is -1.86. The fourth-order valence-electron chi connectivity index (χ4n) is 0.166. The highest BCUT2D eigenvalue weighted by Gasteiger charge is 1.71. The van der Waals surface area contributed by atoms with E-state index in [1.165, 1.54) is 7.11 Å². The third-order valence-corrected chi connectivity index (χ3v) is 0.486. The van der Waals surface area contributed by atoms with Gasteiger partial charge in [0.15, 0.2) is 0 Å². The Morgan fingerprint density at radius 2 is 1.80 bits per heavy atom. The fourth-order valence-corrected chi connectivity index (χ4v) is 0.166. The number of carbonyl (C=O) groups excluding carboxylic acids is 2. The summed E-state index contributed by atoms with van der Waals surface area (Å²) in [6.07, 6.45) is 0.902. The maximum Gasteiger partial charge on any atom is 0.293 e. The van der Waals surface area contributed by atoms with Crippen molar-refractivity contribution in [1.82, 2.24) is 0 Å². The van der Waals surface area contributed by atoms with Crippen LogP contribution in [0.25, 0.3) is 0 Å². The van der Waals surface area contributed by atoms with Gasteiger partial charge in [-0.1, -0.05) is 6.92 Å². The van der Waals surface area contributed by atoms with E-state index < -0.39 is 0 Å². The lowest BCUT2D eigenvalue weighted by atomic mass is 10.5. The van der Waals surface area contributed by atoms with Crippen LogP contribution in [0.2, 0.25) is 0 Å². The van der Waals surface area contributed by atoms with E-state index >= 15 is 0 Å². The van der Waals surface area contributed by atoms with E-state index in [2.05, 4.69) is 9.47 Å². The predicted octanol–water partition coefficient (Wildman–Crippen LogP) is 0.359. The summed E-state index contributed by atoms with van der Waals surface area (Å²) >= 11 is 0. The van der Waals surface area contributed by atoms with Gasteiger partial charge in [0.25, 0.3) is 12.9 Å². The van der Waals surface area contributed by atoms with Gasteiger partial charge in [-0.3, -0.25) is 9.59 Å². The lowest BCUT2D eigenvalue weighted by molar-refractivity contribution is -0.128. The van der Waals surface area contributed by atoms with Crippen LogP contribution in [0.3, 0.4) is 0 Å². The van der Waals surface area contributed by atoms with Gasteiger partial charge in [-0.2, -0.15) is 0 Å². The molecule has 0 aliphatic carbocycles. The Bertz CT molecular complexity index is 72.1. The van der Waals surface area contributed by atoms with Crippen LogP contribution in [-0.4, -0.2) is 26.7 Å². The second kappa shape index (κ2) is 15.7. The molecule has 0 saturated carbocycles. The normalized spacial score (nSPS) is 6.60. The molecule has 0 N–H and O–H groups in total. The molecule has 0 rings (SSSR count). The van der Waals surface area contributed by atoms with Crippen molar-refractivity contribution in [1.29, 1.82) is 0 Å². The summed E-state index contributed by atoms with van der Waals surface area (Å²) < 4.78 is 8.16. The molecule has 0 heterocycles. The van der Waals surface area contributed by atoms with Crippen molar-refractivity contribution in [3.8, 4) is 0 Å². The van der Waals surface area contributed by atoms with Gasteiger partial charge >= 0.3 is 0 Å². The van der Waals surface area contributed by atoms with E-state index in [4.69, 9.17) is 4.79 Å². The first-order valence-electron chi connectivity index (χ1n) is 2.85. The van der Waals surface area contributed by atoms with Crippen molar-refractivity contribution >= 4 is 12.9 Å². The third-order valence-electron chi connectivity index (χ3n) is 0.486. The van der Waals surface area contributed by atoms with Crippen LogP contribution in [-0.2, 0) is 19.1 Å². The van der Waals surface area contributed by atoms with Gasteiger partial charge in [0, 0.05) is 0 Å². The summed E-state index contributed by atoms with van der Waals surface area (Å²) in [5, 5.41) is 0. The standard InChI is InChI=1S/C4H8O2.C2H4O2/c1-2-3-6-4-5;1-4-2-3/h4H,2-3H2,1H3;2H,1H3. The van der Waals surface area contributed by atoms with E-state index in [9.17, 15) is 4.79 Å². The molecule has 4 nitrogen and oxygen atoms in total. The SMILES string of the molecule is CCCOC=O.COC=O. The van der Waals surface area contributed by atoms with Gasteiger partial charge < -0.3 is 9.47 Å². The molecular formula is C6H12O4. The van der Waals surface area contributed by atoms with Crippen LogP contribution in [0.15, 0.2) is 0 Å². The highest BCUT2D eigenvalue weighted by Crippen LogP contribution is 1.71. The van der Waals surface area contributed by atoms with E-state index in [-0.39, 0.29) is 0 Å². The van der Waals surface area contributed by atoms with Gasteiger partial charge in [0.1, 0.15) is 0 Å². The molecule has 0 bridgehead atoms. The first kappa shape index (κ1) is 11.7. The van der Waals surface area contributed by atoms with Crippen LogP contribution >= 0.6 is 0 Å². The predicted molar refractivity (Wildman–Crippen MR) is 35.4 cm³/mol. The Kier molecular flexibility index (Phi) is 18.3. The minimum atomic E-state index is 0.375. The van der Waals surface area contributed by atoms with Crippen molar-refractivity contribution in [3.05, 3.63) is 0 Å². The topological polar surface area (TPSA) is 52.6 Å². The van der Waals surface area contributed by atoms with E-state index in [0.29, 0.717) is 19.6 Å².